The van der Waals surface area contributed by atoms with Crippen LogP contribution in [0.25, 0.3) is 0 Å². The van der Waals surface area contributed by atoms with Gasteiger partial charge in [0, 0.05) is 6.04 Å². The molecular formula is C11H20N4O2. The number of hydrogen-bond acceptors (Lipinski definition) is 4. The van der Waals surface area contributed by atoms with E-state index >= 15 is 0 Å². The Morgan fingerprint density at radius 2 is 2.29 bits per heavy atom. The van der Waals surface area contributed by atoms with Gasteiger partial charge in [-0.3, -0.25) is 14.9 Å². The van der Waals surface area contributed by atoms with E-state index in [1.165, 1.54) is 0 Å². The summed E-state index contributed by atoms with van der Waals surface area (Å²) in [5.74, 6) is 5.49. The SMILES string of the molecule is CC(C)n1cc(OCC(C)(C)C(=O)NN)cn1. The molecule has 0 aromatic carbocycles. The van der Waals surface area contributed by atoms with Gasteiger partial charge >= 0.3 is 0 Å². The fourth-order valence-electron chi connectivity index (χ4n) is 1.20. The highest BCUT2D eigenvalue weighted by atomic mass is 16.5. The maximum Gasteiger partial charge on any atom is 0.242 e. The van der Waals surface area contributed by atoms with Crippen molar-refractivity contribution >= 4 is 5.91 Å². The lowest BCUT2D eigenvalue weighted by molar-refractivity contribution is -0.130. The summed E-state index contributed by atoms with van der Waals surface area (Å²) >= 11 is 0. The van der Waals surface area contributed by atoms with E-state index in [0.717, 1.165) is 0 Å². The van der Waals surface area contributed by atoms with Crippen LogP contribution in [0.5, 0.6) is 5.75 Å². The third-order valence-corrected chi connectivity index (χ3v) is 2.45. The molecule has 6 nitrogen and oxygen atoms in total. The molecule has 0 aliphatic carbocycles. The highest BCUT2D eigenvalue weighted by Crippen LogP contribution is 2.19. The summed E-state index contributed by atoms with van der Waals surface area (Å²) in [5, 5.41) is 4.15. The molecule has 0 bridgehead atoms. The zero-order valence-corrected chi connectivity index (χ0v) is 10.7. The molecular weight excluding hydrogens is 220 g/mol. The van der Waals surface area contributed by atoms with Crippen molar-refractivity contribution in [2.45, 2.75) is 33.7 Å². The van der Waals surface area contributed by atoms with E-state index < -0.39 is 5.41 Å². The molecule has 0 atom stereocenters. The molecule has 6 heteroatoms. The molecule has 1 amide bonds. The summed E-state index contributed by atoms with van der Waals surface area (Å²) in [6.45, 7) is 7.84. The third kappa shape index (κ3) is 3.45. The topological polar surface area (TPSA) is 82.2 Å². The Morgan fingerprint density at radius 3 is 2.76 bits per heavy atom. The average Bonchev–Trinajstić information content (AvgIpc) is 2.74. The largest absolute Gasteiger partial charge is 0.489 e. The minimum Gasteiger partial charge on any atom is -0.489 e. The fourth-order valence-corrected chi connectivity index (χ4v) is 1.20. The Kier molecular flexibility index (Phi) is 4.11. The first-order valence-corrected chi connectivity index (χ1v) is 5.55. The Hall–Kier alpha value is -1.56. The second kappa shape index (κ2) is 5.18. The van der Waals surface area contributed by atoms with Gasteiger partial charge in [0.25, 0.3) is 0 Å². The summed E-state index contributed by atoms with van der Waals surface area (Å²) < 4.78 is 7.32. The molecule has 0 radical (unpaired) electrons. The van der Waals surface area contributed by atoms with Crippen LogP contribution >= 0.6 is 0 Å². The van der Waals surface area contributed by atoms with Gasteiger partial charge in [-0.2, -0.15) is 5.10 Å². The van der Waals surface area contributed by atoms with Crippen LogP contribution in [0.4, 0.5) is 0 Å². The molecule has 0 fully saturated rings. The lowest BCUT2D eigenvalue weighted by Crippen LogP contribution is -2.44. The van der Waals surface area contributed by atoms with Crippen molar-refractivity contribution in [2.24, 2.45) is 11.3 Å². The summed E-state index contributed by atoms with van der Waals surface area (Å²) in [7, 11) is 0. The monoisotopic (exact) mass is 240 g/mol. The number of nitrogens with one attached hydrogen (secondary N) is 1. The van der Waals surface area contributed by atoms with E-state index in [1.807, 2.05) is 13.8 Å². The molecule has 96 valence electrons. The predicted molar refractivity (Wildman–Crippen MR) is 64.2 cm³/mol. The van der Waals surface area contributed by atoms with E-state index in [9.17, 15) is 4.79 Å². The Balaban J connectivity index is 2.58. The maximum absolute atomic E-state index is 11.4. The van der Waals surface area contributed by atoms with Gasteiger partial charge in [0.05, 0.1) is 17.8 Å². The van der Waals surface area contributed by atoms with E-state index in [4.69, 9.17) is 10.6 Å². The average molecular weight is 240 g/mol. The lowest BCUT2D eigenvalue weighted by Gasteiger charge is -2.21. The molecule has 17 heavy (non-hydrogen) atoms. The second-order valence-corrected chi connectivity index (χ2v) is 4.90. The fraction of sp³-hybridized carbons (Fsp3) is 0.636. The minimum atomic E-state index is -0.672. The number of carbonyl (C=O) groups is 1. The number of nitrogens with zero attached hydrogens (tertiary/aromatic N) is 2. The van der Waals surface area contributed by atoms with E-state index in [1.54, 1.807) is 30.9 Å². The number of rotatable bonds is 5. The Bertz CT molecular complexity index is 385. The summed E-state index contributed by atoms with van der Waals surface area (Å²) in [6, 6.07) is 0.285. The quantitative estimate of drug-likeness (QED) is 0.454. The zero-order valence-electron chi connectivity index (χ0n) is 10.7. The van der Waals surface area contributed by atoms with Crippen LogP contribution < -0.4 is 16.0 Å². The van der Waals surface area contributed by atoms with Crippen LogP contribution in [-0.4, -0.2) is 22.3 Å². The van der Waals surface area contributed by atoms with E-state index in [-0.39, 0.29) is 18.6 Å². The summed E-state index contributed by atoms with van der Waals surface area (Å²) in [6.07, 6.45) is 3.44. The molecule has 0 spiro atoms. The standard InChI is InChI=1S/C11H20N4O2/c1-8(2)15-6-9(5-13-15)17-7-11(3,4)10(16)14-12/h5-6,8H,7,12H2,1-4H3,(H,14,16). The Morgan fingerprint density at radius 1 is 1.65 bits per heavy atom. The van der Waals surface area contributed by atoms with Gasteiger partial charge < -0.3 is 4.74 Å². The van der Waals surface area contributed by atoms with Crippen LogP contribution in [0, 0.1) is 5.41 Å². The zero-order chi connectivity index (χ0) is 13.1. The molecule has 1 rings (SSSR count). The lowest BCUT2D eigenvalue weighted by atomic mass is 9.94. The van der Waals surface area contributed by atoms with E-state index in [0.29, 0.717) is 5.75 Å². The summed E-state index contributed by atoms with van der Waals surface area (Å²) in [5.41, 5.74) is 1.45. The molecule has 1 aromatic heterocycles. The molecule has 0 saturated carbocycles. The van der Waals surface area contributed by atoms with Gasteiger partial charge in [-0.25, -0.2) is 5.84 Å². The number of nitrogens with two attached hydrogens (primary N) is 1. The van der Waals surface area contributed by atoms with Gasteiger partial charge in [-0.15, -0.1) is 0 Å². The Labute approximate surface area is 101 Å². The van der Waals surface area contributed by atoms with Crippen LogP contribution in [0.3, 0.4) is 0 Å². The van der Waals surface area contributed by atoms with Crippen molar-refractivity contribution in [3.8, 4) is 5.75 Å². The van der Waals surface area contributed by atoms with Crippen molar-refractivity contribution < 1.29 is 9.53 Å². The number of ether oxygens (including phenoxy) is 1. The van der Waals surface area contributed by atoms with Crippen LogP contribution in [0.2, 0.25) is 0 Å². The number of hydrogen-bond donors (Lipinski definition) is 2. The van der Waals surface area contributed by atoms with Crippen molar-refractivity contribution in [1.82, 2.24) is 15.2 Å². The number of hydrazine groups is 1. The van der Waals surface area contributed by atoms with Gasteiger partial charge in [0.1, 0.15) is 6.61 Å². The molecule has 0 aliphatic heterocycles. The van der Waals surface area contributed by atoms with Gasteiger partial charge in [0.2, 0.25) is 5.91 Å². The number of aromatic nitrogens is 2. The smallest absolute Gasteiger partial charge is 0.242 e. The maximum atomic E-state index is 11.4. The molecule has 1 aromatic rings. The third-order valence-electron chi connectivity index (χ3n) is 2.45. The molecule has 0 aliphatic rings. The van der Waals surface area contributed by atoms with Crippen LogP contribution in [-0.2, 0) is 4.79 Å². The van der Waals surface area contributed by atoms with Crippen molar-refractivity contribution in [2.75, 3.05) is 6.61 Å². The first kappa shape index (κ1) is 13.5. The molecule has 3 N–H and O–H groups in total. The van der Waals surface area contributed by atoms with Gasteiger partial charge in [0.15, 0.2) is 5.75 Å². The minimum absolute atomic E-state index is 0.250. The second-order valence-electron chi connectivity index (χ2n) is 4.90. The first-order chi connectivity index (χ1) is 7.86. The molecule has 0 unspecified atom stereocenters. The highest BCUT2D eigenvalue weighted by molar-refractivity contribution is 5.81. The highest BCUT2D eigenvalue weighted by Gasteiger charge is 2.28. The number of amides is 1. The van der Waals surface area contributed by atoms with Crippen LogP contribution in [0.15, 0.2) is 12.4 Å². The van der Waals surface area contributed by atoms with Crippen LogP contribution in [0.1, 0.15) is 33.7 Å². The molecule has 1 heterocycles. The van der Waals surface area contributed by atoms with Crippen molar-refractivity contribution in [3.05, 3.63) is 12.4 Å². The summed E-state index contributed by atoms with van der Waals surface area (Å²) in [4.78, 5) is 11.4. The van der Waals surface area contributed by atoms with Crippen molar-refractivity contribution in [1.29, 1.82) is 0 Å². The first-order valence-electron chi connectivity index (χ1n) is 5.55. The van der Waals surface area contributed by atoms with Crippen molar-refractivity contribution in [3.63, 3.8) is 0 Å². The number of carbonyl (C=O) groups excluding carboxylic acids is 1. The van der Waals surface area contributed by atoms with Gasteiger partial charge in [-0.05, 0) is 27.7 Å². The van der Waals surface area contributed by atoms with E-state index in [2.05, 4.69) is 10.5 Å². The molecule has 0 saturated heterocycles. The van der Waals surface area contributed by atoms with Gasteiger partial charge in [-0.1, -0.05) is 0 Å². The normalized spacial score (nSPS) is 11.6. The predicted octanol–water partition coefficient (Wildman–Crippen LogP) is 0.859.